The first-order valence-electron chi connectivity index (χ1n) is 4.99. The zero-order chi connectivity index (χ0) is 11.7. The highest BCUT2D eigenvalue weighted by atomic mass is 32.2. The van der Waals surface area contributed by atoms with Crippen LogP contribution in [0.1, 0.15) is 13.3 Å². The summed E-state index contributed by atoms with van der Waals surface area (Å²) < 4.78 is 26.9. The Morgan fingerprint density at radius 2 is 2.00 bits per heavy atom. The molecule has 1 rings (SSSR count). The van der Waals surface area contributed by atoms with Crippen molar-refractivity contribution in [2.24, 2.45) is 0 Å². The Balaban J connectivity index is 0.000000288. The fourth-order valence-corrected chi connectivity index (χ4v) is 1.07. The lowest BCUT2D eigenvalue weighted by molar-refractivity contribution is 0.255. The maximum atomic E-state index is 9.56. The van der Waals surface area contributed by atoms with Gasteiger partial charge >= 0.3 is 0 Å². The van der Waals surface area contributed by atoms with Gasteiger partial charge in [0, 0.05) is 32.3 Å². The van der Waals surface area contributed by atoms with Gasteiger partial charge in [-0.2, -0.15) is 8.42 Å². The van der Waals surface area contributed by atoms with Crippen LogP contribution in [0.15, 0.2) is 0 Å². The molecule has 0 aromatic rings. The van der Waals surface area contributed by atoms with Crippen molar-refractivity contribution in [3.63, 3.8) is 0 Å². The lowest BCUT2D eigenvalue weighted by Gasteiger charge is -2.23. The summed E-state index contributed by atoms with van der Waals surface area (Å²) >= 11 is 0. The Labute approximate surface area is 90.8 Å². The number of rotatable bonds is 3. The Morgan fingerprint density at radius 3 is 2.33 bits per heavy atom. The minimum Gasteiger partial charge on any atom is -0.396 e. The summed E-state index contributed by atoms with van der Waals surface area (Å²) in [5.74, 6) is -0.201. The predicted octanol–water partition coefficient (Wildman–Crippen LogP) is -1.18. The third-order valence-electron chi connectivity index (χ3n) is 1.97. The van der Waals surface area contributed by atoms with Crippen LogP contribution in [0.3, 0.4) is 0 Å². The van der Waals surface area contributed by atoms with Gasteiger partial charge in [-0.15, -0.1) is 0 Å². The van der Waals surface area contributed by atoms with Crippen LogP contribution in [-0.4, -0.2) is 56.1 Å². The van der Waals surface area contributed by atoms with E-state index in [1.807, 2.05) is 0 Å². The molecular formula is C8H20N2O4S. The topological polar surface area (TPSA) is 98.7 Å². The van der Waals surface area contributed by atoms with Gasteiger partial charge in [0.15, 0.2) is 0 Å². The maximum absolute atomic E-state index is 9.56. The molecule has 1 unspecified atom stereocenters. The van der Waals surface area contributed by atoms with Crippen molar-refractivity contribution in [3.05, 3.63) is 0 Å². The SMILES string of the molecule is CCS(=O)(=O)O.OCCC1CNCCN1. The smallest absolute Gasteiger partial charge is 0.264 e. The number of aliphatic hydroxyl groups is 1. The second-order valence-corrected chi connectivity index (χ2v) is 4.98. The highest BCUT2D eigenvalue weighted by Gasteiger charge is 2.09. The molecule has 0 radical (unpaired) electrons. The Kier molecular flexibility index (Phi) is 7.89. The van der Waals surface area contributed by atoms with Gasteiger partial charge in [0.05, 0.1) is 5.75 Å². The molecule has 0 aromatic carbocycles. The first-order chi connectivity index (χ1) is 6.99. The van der Waals surface area contributed by atoms with Gasteiger partial charge in [-0.3, -0.25) is 4.55 Å². The van der Waals surface area contributed by atoms with Crippen molar-refractivity contribution >= 4 is 10.1 Å². The molecule has 1 saturated heterocycles. The summed E-state index contributed by atoms with van der Waals surface area (Å²) in [7, 11) is -3.66. The third kappa shape index (κ3) is 10.1. The molecule has 0 amide bonds. The molecule has 0 aromatic heterocycles. The summed E-state index contributed by atoms with van der Waals surface area (Å²) in [5, 5.41) is 15.1. The maximum Gasteiger partial charge on any atom is 0.264 e. The van der Waals surface area contributed by atoms with Gasteiger partial charge in [0.1, 0.15) is 0 Å². The largest absolute Gasteiger partial charge is 0.396 e. The fourth-order valence-electron chi connectivity index (χ4n) is 1.07. The highest BCUT2D eigenvalue weighted by Crippen LogP contribution is 1.91. The minimum atomic E-state index is -3.66. The van der Waals surface area contributed by atoms with Crippen LogP contribution in [0.4, 0.5) is 0 Å². The first-order valence-corrected chi connectivity index (χ1v) is 6.60. The average molecular weight is 240 g/mol. The zero-order valence-electron chi connectivity index (χ0n) is 8.94. The van der Waals surface area contributed by atoms with Crippen molar-refractivity contribution in [3.8, 4) is 0 Å². The van der Waals surface area contributed by atoms with E-state index in [4.69, 9.17) is 9.66 Å². The van der Waals surface area contributed by atoms with Gasteiger partial charge in [-0.1, -0.05) is 0 Å². The van der Waals surface area contributed by atoms with E-state index < -0.39 is 10.1 Å². The van der Waals surface area contributed by atoms with Crippen molar-refractivity contribution in [2.75, 3.05) is 32.0 Å². The number of aliphatic hydroxyl groups excluding tert-OH is 1. The first kappa shape index (κ1) is 14.8. The number of nitrogens with one attached hydrogen (secondary N) is 2. The second kappa shape index (κ2) is 8.00. The lowest BCUT2D eigenvalue weighted by Crippen LogP contribution is -2.48. The van der Waals surface area contributed by atoms with Crippen molar-refractivity contribution < 1.29 is 18.1 Å². The van der Waals surface area contributed by atoms with Crippen LogP contribution in [0.2, 0.25) is 0 Å². The quantitative estimate of drug-likeness (QED) is 0.464. The fraction of sp³-hybridized carbons (Fsp3) is 1.00. The average Bonchev–Trinajstić information content (AvgIpc) is 2.20. The second-order valence-electron chi connectivity index (χ2n) is 3.24. The van der Waals surface area contributed by atoms with Crippen LogP contribution in [0, 0.1) is 0 Å². The molecule has 4 N–H and O–H groups in total. The highest BCUT2D eigenvalue weighted by molar-refractivity contribution is 7.85. The molecule has 1 fully saturated rings. The van der Waals surface area contributed by atoms with E-state index in [1.165, 1.54) is 6.92 Å². The predicted molar refractivity (Wildman–Crippen MR) is 58.5 cm³/mol. The van der Waals surface area contributed by atoms with E-state index >= 15 is 0 Å². The van der Waals surface area contributed by atoms with Crippen LogP contribution in [0.5, 0.6) is 0 Å². The van der Waals surface area contributed by atoms with Gasteiger partial charge in [0.25, 0.3) is 10.1 Å². The van der Waals surface area contributed by atoms with Crippen LogP contribution >= 0.6 is 0 Å². The van der Waals surface area contributed by atoms with Gasteiger partial charge in [-0.25, -0.2) is 0 Å². The molecule has 7 heteroatoms. The summed E-state index contributed by atoms with van der Waals surface area (Å²) in [5.41, 5.74) is 0. The molecule has 6 nitrogen and oxygen atoms in total. The lowest BCUT2D eigenvalue weighted by atomic mass is 10.2. The van der Waals surface area contributed by atoms with E-state index in [2.05, 4.69) is 10.6 Å². The molecule has 1 aliphatic rings. The van der Waals surface area contributed by atoms with Crippen molar-refractivity contribution in [1.29, 1.82) is 0 Å². The van der Waals surface area contributed by atoms with E-state index in [1.54, 1.807) is 0 Å². The standard InChI is InChI=1S/C6H14N2O.C2H6O3S/c9-4-1-6-5-7-2-3-8-6;1-2-6(3,4)5/h6-9H,1-5H2;2H2,1H3,(H,3,4,5). The number of hydrogen-bond donors (Lipinski definition) is 4. The van der Waals surface area contributed by atoms with E-state index in [9.17, 15) is 8.42 Å². The molecule has 0 saturated carbocycles. The van der Waals surface area contributed by atoms with E-state index in [-0.39, 0.29) is 5.75 Å². The van der Waals surface area contributed by atoms with Crippen molar-refractivity contribution in [2.45, 2.75) is 19.4 Å². The van der Waals surface area contributed by atoms with Gasteiger partial charge in [0.2, 0.25) is 0 Å². The molecule has 0 bridgehead atoms. The summed E-state index contributed by atoms with van der Waals surface area (Å²) in [6.07, 6.45) is 0.868. The molecular weight excluding hydrogens is 220 g/mol. The van der Waals surface area contributed by atoms with Crippen LogP contribution < -0.4 is 10.6 Å². The molecule has 1 atom stereocenters. The monoisotopic (exact) mass is 240 g/mol. The van der Waals surface area contributed by atoms with Gasteiger partial charge < -0.3 is 15.7 Å². The Hall–Kier alpha value is -0.210. The van der Waals surface area contributed by atoms with Crippen LogP contribution in [-0.2, 0) is 10.1 Å². The zero-order valence-corrected chi connectivity index (χ0v) is 9.76. The Morgan fingerprint density at radius 1 is 1.40 bits per heavy atom. The molecule has 15 heavy (non-hydrogen) atoms. The number of hydrogen-bond acceptors (Lipinski definition) is 5. The van der Waals surface area contributed by atoms with Crippen LogP contribution in [0.25, 0.3) is 0 Å². The normalized spacial score (nSPS) is 21.7. The molecule has 0 aliphatic carbocycles. The van der Waals surface area contributed by atoms with E-state index in [0.29, 0.717) is 12.6 Å². The van der Waals surface area contributed by atoms with Crippen molar-refractivity contribution in [1.82, 2.24) is 10.6 Å². The third-order valence-corrected chi connectivity index (χ3v) is 2.70. The minimum absolute atomic E-state index is 0.201. The Bertz CT molecular complexity index is 234. The summed E-state index contributed by atoms with van der Waals surface area (Å²) in [4.78, 5) is 0. The molecule has 1 heterocycles. The molecule has 92 valence electrons. The number of piperazine rings is 1. The molecule has 0 spiro atoms. The summed E-state index contributed by atoms with van der Waals surface area (Å²) in [6.45, 7) is 4.75. The molecule has 1 aliphatic heterocycles. The van der Waals surface area contributed by atoms with Gasteiger partial charge in [-0.05, 0) is 13.3 Å². The summed E-state index contributed by atoms with van der Waals surface area (Å²) in [6, 6.07) is 0.490. The van der Waals surface area contributed by atoms with E-state index in [0.717, 1.165) is 26.1 Å².